The molecule has 0 bridgehead atoms. The SMILES string of the molecule is CCOCc1ncc(N)o1. The van der Waals surface area contributed by atoms with Gasteiger partial charge >= 0.3 is 0 Å². The van der Waals surface area contributed by atoms with Crippen LogP contribution in [0.15, 0.2) is 10.6 Å². The van der Waals surface area contributed by atoms with Crippen LogP contribution in [0.4, 0.5) is 5.88 Å². The molecule has 0 aromatic carbocycles. The van der Waals surface area contributed by atoms with E-state index in [0.717, 1.165) is 0 Å². The summed E-state index contributed by atoms with van der Waals surface area (Å²) in [7, 11) is 0. The topological polar surface area (TPSA) is 61.3 Å². The molecule has 4 nitrogen and oxygen atoms in total. The molecule has 1 heterocycles. The molecule has 0 unspecified atom stereocenters. The fourth-order valence-corrected chi connectivity index (χ4v) is 0.580. The van der Waals surface area contributed by atoms with E-state index in [4.69, 9.17) is 14.9 Å². The Labute approximate surface area is 59.0 Å². The second kappa shape index (κ2) is 3.22. The molecule has 4 heteroatoms. The van der Waals surface area contributed by atoms with Gasteiger partial charge in [-0.3, -0.25) is 0 Å². The fourth-order valence-electron chi connectivity index (χ4n) is 0.580. The molecule has 0 atom stereocenters. The standard InChI is InChI=1S/C6H10N2O2/c1-2-9-4-6-8-3-5(7)10-6/h3H,2,4,7H2,1H3. The molecule has 0 saturated heterocycles. The quantitative estimate of drug-likeness (QED) is 0.677. The van der Waals surface area contributed by atoms with Gasteiger partial charge in [-0.15, -0.1) is 0 Å². The molecular weight excluding hydrogens is 132 g/mol. The summed E-state index contributed by atoms with van der Waals surface area (Å²) in [6, 6.07) is 0. The average Bonchev–Trinajstić information content (AvgIpc) is 2.31. The smallest absolute Gasteiger partial charge is 0.222 e. The highest BCUT2D eigenvalue weighted by atomic mass is 16.5. The lowest BCUT2D eigenvalue weighted by molar-refractivity contribution is 0.115. The fraction of sp³-hybridized carbons (Fsp3) is 0.500. The van der Waals surface area contributed by atoms with Gasteiger partial charge in [-0.05, 0) is 6.92 Å². The summed E-state index contributed by atoms with van der Waals surface area (Å²) in [5, 5.41) is 0. The van der Waals surface area contributed by atoms with Crippen LogP contribution >= 0.6 is 0 Å². The molecule has 0 amide bonds. The molecule has 0 fully saturated rings. The third-order valence-electron chi connectivity index (χ3n) is 1.00. The van der Waals surface area contributed by atoms with E-state index >= 15 is 0 Å². The van der Waals surface area contributed by atoms with Crippen molar-refractivity contribution in [2.75, 3.05) is 12.3 Å². The third-order valence-corrected chi connectivity index (χ3v) is 1.00. The van der Waals surface area contributed by atoms with E-state index in [1.165, 1.54) is 6.20 Å². The maximum atomic E-state index is 5.27. The molecule has 0 aliphatic rings. The van der Waals surface area contributed by atoms with Crippen LogP contribution in [0.1, 0.15) is 12.8 Å². The lowest BCUT2D eigenvalue weighted by atomic mass is 10.7. The first kappa shape index (κ1) is 7.08. The summed E-state index contributed by atoms with van der Waals surface area (Å²) < 4.78 is 9.95. The molecular formula is C6H10N2O2. The monoisotopic (exact) mass is 142 g/mol. The van der Waals surface area contributed by atoms with Crippen LogP contribution in [-0.4, -0.2) is 11.6 Å². The molecule has 1 aromatic heterocycles. The van der Waals surface area contributed by atoms with Crippen LogP contribution in [0.3, 0.4) is 0 Å². The summed E-state index contributed by atoms with van der Waals surface area (Å²) in [6.07, 6.45) is 1.47. The van der Waals surface area contributed by atoms with Gasteiger partial charge in [-0.2, -0.15) is 0 Å². The van der Waals surface area contributed by atoms with E-state index in [1.54, 1.807) is 0 Å². The zero-order valence-corrected chi connectivity index (χ0v) is 5.83. The number of oxazole rings is 1. The van der Waals surface area contributed by atoms with Crippen molar-refractivity contribution >= 4 is 5.88 Å². The molecule has 1 aromatic rings. The number of rotatable bonds is 3. The van der Waals surface area contributed by atoms with Crippen LogP contribution in [0, 0.1) is 0 Å². The summed E-state index contributed by atoms with van der Waals surface area (Å²) in [6.45, 7) is 2.96. The van der Waals surface area contributed by atoms with Crippen LogP contribution in [0.2, 0.25) is 0 Å². The van der Waals surface area contributed by atoms with Crippen molar-refractivity contribution in [3.63, 3.8) is 0 Å². The lowest BCUT2D eigenvalue weighted by Crippen LogP contribution is -1.90. The number of hydrogen-bond donors (Lipinski definition) is 1. The zero-order chi connectivity index (χ0) is 7.40. The van der Waals surface area contributed by atoms with E-state index in [2.05, 4.69) is 4.98 Å². The first-order chi connectivity index (χ1) is 4.83. The highest BCUT2D eigenvalue weighted by molar-refractivity contribution is 5.17. The Bertz CT molecular complexity index is 197. The Hall–Kier alpha value is -1.03. The van der Waals surface area contributed by atoms with Gasteiger partial charge in [0.2, 0.25) is 11.8 Å². The van der Waals surface area contributed by atoms with E-state index < -0.39 is 0 Å². The van der Waals surface area contributed by atoms with Crippen LogP contribution in [0.25, 0.3) is 0 Å². The van der Waals surface area contributed by atoms with Gasteiger partial charge in [-0.1, -0.05) is 0 Å². The molecule has 56 valence electrons. The third kappa shape index (κ3) is 1.73. The molecule has 0 radical (unpaired) electrons. The molecule has 0 aliphatic carbocycles. The van der Waals surface area contributed by atoms with E-state index in [0.29, 0.717) is 25.0 Å². The van der Waals surface area contributed by atoms with Crippen molar-refractivity contribution in [3.05, 3.63) is 12.1 Å². The van der Waals surface area contributed by atoms with Gasteiger partial charge in [-0.25, -0.2) is 4.98 Å². The lowest BCUT2D eigenvalue weighted by Gasteiger charge is -1.93. The molecule has 0 saturated carbocycles. The molecule has 10 heavy (non-hydrogen) atoms. The largest absolute Gasteiger partial charge is 0.423 e. The van der Waals surface area contributed by atoms with Gasteiger partial charge in [0, 0.05) is 6.61 Å². The van der Waals surface area contributed by atoms with Crippen molar-refractivity contribution in [1.82, 2.24) is 4.98 Å². The Morgan fingerprint density at radius 2 is 2.60 bits per heavy atom. The highest BCUT2D eigenvalue weighted by Gasteiger charge is 1.98. The van der Waals surface area contributed by atoms with E-state index in [1.807, 2.05) is 6.92 Å². The predicted octanol–water partition coefficient (Wildman–Crippen LogP) is 0.793. The number of nitrogens with zero attached hydrogens (tertiary/aromatic N) is 1. The number of nitrogens with two attached hydrogens (primary N) is 1. The summed E-state index contributed by atoms with van der Waals surface area (Å²) in [4.78, 5) is 3.84. The predicted molar refractivity (Wildman–Crippen MR) is 36.2 cm³/mol. The first-order valence-corrected chi connectivity index (χ1v) is 3.11. The van der Waals surface area contributed by atoms with Crippen molar-refractivity contribution < 1.29 is 9.15 Å². The number of aromatic nitrogens is 1. The Kier molecular flexibility index (Phi) is 2.28. The first-order valence-electron chi connectivity index (χ1n) is 3.11. The van der Waals surface area contributed by atoms with Crippen molar-refractivity contribution in [3.8, 4) is 0 Å². The molecule has 0 aliphatic heterocycles. The Morgan fingerprint density at radius 1 is 1.80 bits per heavy atom. The van der Waals surface area contributed by atoms with Crippen LogP contribution in [-0.2, 0) is 11.3 Å². The number of ether oxygens (including phenoxy) is 1. The second-order valence-corrected chi connectivity index (χ2v) is 1.79. The highest BCUT2D eigenvalue weighted by Crippen LogP contribution is 2.04. The number of nitrogen functional groups attached to an aromatic ring is 1. The van der Waals surface area contributed by atoms with Crippen molar-refractivity contribution in [1.29, 1.82) is 0 Å². The van der Waals surface area contributed by atoms with E-state index in [9.17, 15) is 0 Å². The second-order valence-electron chi connectivity index (χ2n) is 1.79. The van der Waals surface area contributed by atoms with Crippen molar-refractivity contribution in [2.45, 2.75) is 13.5 Å². The number of hydrogen-bond acceptors (Lipinski definition) is 4. The maximum absolute atomic E-state index is 5.27. The minimum absolute atomic E-state index is 0.328. The number of anilines is 1. The maximum Gasteiger partial charge on any atom is 0.222 e. The van der Waals surface area contributed by atoms with Crippen molar-refractivity contribution in [2.24, 2.45) is 0 Å². The van der Waals surface area contributed by atoms with Gasteiger partial charge < -0.3 is 14.9 Å². The Morgan fingerprint density at radius 3 is 3.10 bits per heavy atom. The summed E-state index contributed by atoms with van der Waals surface area (Å²) in [5.41, 5.74) is 5.27. The van der Waals surface area contributed by atoms with Gasteiger partial charge in [0.05, 0.1) is 6.20 Å². The molecule has 1 rings (SSSR count). The normalized spacial score (nSPS) is 10.1. The van der Waals surface area contributed by atoms with Crippen LogP contribution in [0.5, 0.6) is 0 Å². The van der Waals surface area contributed by atoms with Gasteiger partial charge in [0.15, 0.2) is 0 Å². The van der Waals surface area contributed by atoms with Gasteiger partial charge in [0.25, 0.3) is 0 Å². The minimum Gasteiger partial charge on any atom is -0.423 e. The average molecular weight is 142 g/mol. The minimum atomic E-state index is 0.328. The summed E-state index contributed by atoms with van der Waals surface area (Å²) in [5.74, 6) is 0.856. The Balaban J connectivity index is 2.42. The van der Waals surface area contributed by atoms with Crippen LogP contribution < -0.4 is 5.73 Å². The molecule has 2 N–H and O–H groups in total. The van der Waals surface area contributed by atoms with Gasteiger partial charge in [0.1, 0.15) is 6.61 Å². The zero-order valence-electron chi connectivity index (χ0n) is 5.83. The summed E-state index contributed by atoms with van der Waals surface area (Å²) >= 11 is 0. The van der Waals surface area contributed by atoms with E-state index in [-0.39, 0.29) is 0 Å². The molecule has 0 spiro atoms.